The Morgan fingerprint density at radius 3 is 2.65 bits per heavy atom. The summed E-state index contributed by atoms with van der Waals surface area (Å²) in [5.74, 6) is 0.287. The van der Waals surface area contributed by atoms with Crippen LogP contribution in [-0.4, -0.2) is 15.3 Å². The van der Waals surface area contributed by atoms with Gasteiger partial charge < -0.3 is 15.5 Å². The molecule has 2 heterocycles. The lowest BCUT2D eigenvalue weighted by molar-refractivity contribution is 0.1000. The molecule has 0 unspecified atom stereocenters. The minimum absolute atomic E-state index is 0.451. The van der Waals surface area contributed by atoms with Crippen molar-refractivity contribution in [1.29, 1.82) is 0 Å². The number of rotatable bonds is 3. The molecule has 0 fully saturated rings. The summed E-state index contributed by atoms with van der Waals surface area (Å²) in [5, 5.41) is 3.25. The predicted molar refractivity (Wildman–Crippen MR) is 86.2 cm³/mol. The maximum Gasteiger partial charge on any atom is 0.250 e. The second-order valence-corrected chi connectivity index (χ2v) is 5.55. The first-order chi connectivity index (χ1) is 9.63. The molecule has 3 N–H and O–H groups in total. The van der Waals surface area contributed by atoms with Gasteiger partial charge in [0.25, 0.3) is 0 Å². The molecule has 1 aromatic carbocycles. The number of aromatic nitrogens is 2. The van der Waals surface area contributed by atoms with Gasteiger partial charge in [0.1, 0.15) is 6.33 Å². The highest BCUT2D eigenvalue weighted by atomic mass is 127. The number of hydrogen-bond acceptors (Lipinski definition) is 3. The molecule has 0 aliphatic rings. The van der Waals surface area contributed by atoms with E-state index in [-0.39, 0.29) is 0 Å². The van der Waals surface area contributed by atoms with Gasteiger partial charge in [-0.1, -0.05) is 0 Å². The monoisotopic (exact) mass is 378 g/mol. The average Bonchev–Trinajstić information content (AvgIpc) is 2.84. The Morgan fingerprint density at radius 1 is 1.20 bits per heavy atom. The number of amides is 1. The normalized spacial score (nSPS) is 10.7. The van der Waals surface area contributed by atoms with Crippen LogP contribution in [0.15, 0.2) is 48.9 Å². The van der Waals surface area contributed by atoms with Crippen LogP contribution in [0.25, 0.3) is 5.52 Å². The average molecular weight is 378 g/mol. The Balaban J connectivity index is 1.96. The molecule has 0 atom stereocenters. The van der Waals surface area contributed by atoms with E-state index in [9.17, 15) is 4.79 Å². The van der Waals surface area contributed by atoms with Crippen LogP contribution in [0.4, 0.5) is 11.5 Å². The van der Waals surface area contributed by atoms with Gasteiger partial charge in [-0.3, -0.25) is 4.79 Å². The SMILES string of the molecule is NC(=O)c1ccc2c(Nc3ccc(I)cc3)ncn2c1. The second kappa shape index (κ2) is 5.12. The lowest BCUT2D eigenvalue weighted by Crippen LogP contribution is -2.11. The van der Waals surface area contributed by atoms with Gasteiger partial charge in [-0.05, 0) is 59.0 Å². The molecule has 100 valence electrons. The van der Waals surface area contributed by atoms with Crippen molar-refractivity contribution in [3.8, 4) is 0 Å². The van der Waals surface area contributed by atoms with Crippen LogP contribution in [0.2, 0.25) is 0 Å². The first-order valence-corrected chi connectivity index (χ1v) is 7.00. The largest absolute Gasteiger partial charge is 0.366 e. The molecule has 6 heteroatoms. The van der Waals surface area contributed by atoms with E-state index < -0.39 is 5.91 Å². The maximum absolute atomic E-state index is 11.1. The number of anilines is 2. The van der Waals surface area contributed by atoms with Gasteiger partial charge in [0.2, 0.25) is 5.91 Å². The summed E-state index contributed by atoms with van der Waals surface area (Å²) >= 11 is 2.26. The van der Waals surface area contributed by atoms with Gasteiger partial charge in [0.05, 0.1) is 11.1 Å². The van der Waals surface area contributed by atoms with E-state index in [0.717, 1.165) is 17.0 Å². The van der Waals surface area contributed by atoms with Crippen LogP contribution in [0.1, 0.15) is 10.4 Å². The number of nitrogens with two attached hydrogens (primary N) is 1. The van der Waals surface area contributed by atoms with Crippen LogP contribution in [0, 0.1) is 3.57 Å². The van der Waals surface area contributed by atoms with Crippen molar-refractivity contribution >= 4 is 45.5 Å². The van der Waals surface area contributed by atoms with E-state index >= 15 is 0 Å². The first-order valence-electron chi connectivity index (χ1n) is 5.92. The van der Waals surface area contributed by atoms with Gasteiger partial charge in [-0.2, -0.15) is 0 Å². The zero-order valence-electron chi connectivity index (χ0n) is 10.4. The molecule has 5 nitrogen and oxygen atoms in total. The van der Waals surface area contributed by atoms with Gasteiger partial charge >= 0.3 is 0 Å². The molecule has 20 heavy (non-hydrogen) atoms. The van der Waals surface area contributed by atoms with Crippen molar-refractivity contribution in [3.05, 3.63) is 58.1 Å². The van der Waals surface area contributed by atoms with E-state index in [4.69, 9.17) is 5.73 Å². The lowest BCUT2D eigenvalue weighted by atomic mass is 10.2. The molecule has 0 spiro atoms. The van der Waals surface area contributed by atoms with Crippen molar-refractivity contribution in [2.75, 3.05) is 5.32 Å². The fraction of sp³-hybridized carbons (Fsp3) is 0. The molecule has 0 saturated carbocycles. The van der Waals surface area contributed by atoms with Gasteiger partial charge in [-0.15, -0.1) is 0 Å². The minimum Gasteiger partial charge on any atom is -0.366 e. The Kier molecular flexibility index (Phi) is 3.31. The highest BCUT2D eigenvalue weighted by molar-refractivity contribution is 14.1. The number of nitrogens with one attached hydrogen (secondary N) is 1. The molecule has 1 amide bonds. The predicted octanol–water partition coefficient (Wildman–Crippen LogP) is 2.78. The molecular weight excluding hydrogens is 367 g/mol. The topological polar surface area (TPSA) is 72.4 Å². The summed E-state index contributed by atoms with van der Waals surface area (Å²) < 4.78 is 2.95. The number of fused-ring (bicyclic) bond motifs is 1. The molecule has 0 saturated heterocycles. The Labute approximate surface area is 129 Å². The van der Waals surface area contributed by atoms with Crippen molar-refractivity contribution in [2.24, 2.45) is 5.73 Å². The van der Waals surface area contributed by atoms with Crippen LogP contribution in [0.3, 0.4) is 0 Å². The number of carbonyl (C=O) groups excluding carboxylic acids is 1. The molecule has 3 rings (SSSR count). The van der Waals surface area contributed by atoms with Gasteiger partial charge in [0.15, 0.2) is 5.82 Å². The van der Waals surface area contributed by atoms with Crippen molar-refractivity contribution in [3.63, 3.8) is 0 Å². The van der Waals surface area contributed by atoms with E-state index in [1.165, 1.54) is 3.57 Å². The summed E-state index contributed by atoms with van der Waals surface area (Å²) in [6.07, 6.45) is 3.32. The Bertz CT molecular complexity index is 779. The number of benzene rings is 1. The van der Waals surface area contributed by atoms with Crippen molar-refractivity contribution in [1.82, 2.24) is 9.38 Å². The summed E-state index contributed by atoms with van der Waals surface area (Å²) in [6.45, 7) is 0. The molecule has 0 radical (unpaired) electrons. The lowest BCUT2D eigenvalue weighted by Gasteiger charge is -2.04. The molecule has 0 aliphatic heterocycles. The molecular formula is C14H11IN4O. The number of nitrogens with zero attached hydrogens (tertiary/aromatic N) is 2. The number of carbonyl (C=O) groups is 1. The molecule has 0 bridgehead atoms. The Morgan fingerprint density at radius 2 is 1.95 bits per heavy atom. The number of hydrogen-bond donors (Lipinski definition) is 2. The first kappa shape index (κ1) is 12.9. The van der Waals surface area contributed by atoms with E-state index in [2.05, 4.69) is 32.9 Å². The smallest absolute Gasteiger partial charge is 0.250 e. The van der Waals surface area contributed by atoms with E-state index in [1.54, 1.807) is 23.0 Å². The van der Waals surface area contributed by atoms with Gasteiger partial charge in [0, 0.05) is 15.5 Å². The minimum atomic E-state index is -0.451. The van der Waals surface area contributed by atoms with Crippen LogP contribution >= 0.6 is 22.6 Å². The standard InChI is InChI=1S/C14H11IN4O/c15-10-2-4-11(5-3-10)18-14-12-6-1-9(13(16)20)7-19(12)8-17-14/h1-8,18H,(H2,16,20). The third-order valence-electron chi connectivity index (χ3n) is 2.92. The zero-order chi connectivity index (χ0) is 14.1. The quantitative estimate of drug-likeness (QED) is 0.689. The zero-order valence-corrected chi connectivity index (χ0v) is 12.5. The third kappa shape index (κ3) is 2.46. The number of primary amides is 1. The van der Waals surface area contributed by atoms with Crippen LogP contribution in [0.5, 0.6) is 0 Å². The van der Waals surface area contributed by atoms with E-state index in [0.29, 0.717) is 5.56 Å². The molecule has 0 aliphatic carbocycles. The number of imidazole rings is 1. The third-order valence-corrected chi connectivity index (χ3v) is 3.64. The Hall–Kier alpha value is -2.09. The van der Waals surface area contributed by atoms with Crippen molar-refractivity contribution in [2.45, 2.75) is 0 Å². The highest BCUT2D eigenvalue weighted by Crippen LogP contribution is 2.21. The summed E-state index contributed by atoms with van der Waals surface area (Å²) in [4.78, 5) is 15.5. The second-order valence-electron chi connectivity index (χ2n) is 4.30. The summed E-state index contributed by atoms with van der Waals surface area (Å²) in [5.41, 5.74) is 7.56. The summed E-state index contributed by atoms with van der Waals surface area (Å²) in [6, 6.07) is 11.5. The fourth-order valence-corrected chi connectivity index (χ4v) is 2.27. The summed E-state index contributed by atoms with van der Waals surface area (Å²) in [7, 11) is 0. The van der Waals surface area contributed by atoms with Crippen molar-refractivity contribution < 1.29 is 4.79 Å². The molecule has 3 aromatic rings. The number of pyridine rings is 1. The molecule has 2 aromatic heterocycles. The fourth-order valence-electron chi connectivity index (χ4n) is 1.91. The van der Waals surface area contributed by atoms with Crippen LogP contribution in [-0.2, 0) is 0 Å². The van der Waals surface area contributed by atoms with Gasteiger partial charge in [-0.25, -0.2) is 4.98 Å². The number of halogens is 1. The van der Waals surface area contributed by atoms with Crippen LogP contribution < -0.4 is 11.1 Å². The van der Waals surface area contributed by atoms with E-state index in [1.807, 2.05) is 30.3 Å². The maximum atomic E-state index is 11.1. The highest BCUT2D eigenvalue weighted by Gasteiger charge is 2.07.